The summed E-state index contributed by atoms with van der Waals surface area (Å²) in [7, 11) is 3.70. The summed E-state index contributed by atoms with van der Waals surface area (Å²) >= 11 is 1.67. The summed E-state index contributed by atoms with van der Waals surface area (Å²) in [6.07, 6.45) is 1.36. The van der Waals surface area contributed by atoms with Crippen LogP contribution in [0.4, 0.5) is 0 Å². The maximum Gasteiger partial charge on any atom is 0.0967 e. The van der Waals surface area contributed by atoms with Crippen LogP contribution in [-0.2, 0) is 0 Å². The highest BCUT2D eigenvalue weighted by Crippen LogP contribution is 2.22. The summed E-state index contributed by atoms with van der Waals surface area (Å²) in [6, 6.07) is 7.51. The Hall–Kier alpha value is -0.550. The highest BCUT2D eigenvalue weighted by molar-refractivity contribution is 7.98. The van der Waals surface area contributed by atoms with Gasteiger partial charge in [0.25, 0.3) is 0 Å². The van der Waals surface area contributed by atoms with Crippen LogP contribution in [0.3, 0.4) is 0 Å². The van der Waals surface area contributed by atoms with Gasteiger partial charge in [0, 0.05) is 4.90 Å². The minimum atomic E-state index is -0.657. The molecule has 1 aromatic rings. The van der Waals surface area contributed by atoms with E-state index in [1.807, 2.05) is 49.5 Å². The van der Waals surface area contributed by atoms with E-state index in [-0.39, 0.29) is 12.6 Å². The molecule has 0 saturated carbocycles. The van der Waals surface area contributed by atoms with Gasteiger partial charge in [-0.05, 0) is 38.0 Å². The van der Waals surface area contributed by atoms with Crippen molar-refractivity contribution in [3.8, 4) is 0 Å². The maximum atomic E-state index is 10.1. The summed E-state index contributed by atoms with van der Waals surface area (Å²) in [5.74, 6) is 0. The molecule has 0 aromatic heterocycles. The van der Waals surface area contributed by atoms with Crippen LogP contribution in [0.25, 0.3) is 0 Å². The standard InChI is InChI=1S/C12H19NO2S/c1-13(2)11(8-14)12(15)9-4-6-10(16-3)7-5-9/h4-7,11-12,14-15H,8H2,1-3H3/t11-,12?/m0/s1. The Bertz CT molecular complexity index is 313. The molecule has 0 spiro atoms. The van der Waals surface area contributed by atoms with Crippen molar-refractivity contribution in [1.82, 2.24) is 4.90 Å². The Morgan fingerprint density at radius 3 is 2.19 bits per heavy atom. The van der Waals surface area contributed by atoms with Crippen molar-refractivity contribution in [3.05, 3.63) is 29.8 Å². The third kappa shape index (κ3) is 3.22. The van der Waals surface area contributed by atoms with Crippen molar-refractivity contribution in [2.75, 3.05) is 27.0 Å². The largest absolute Gasteiger partial charge is 0.395 e. The molecule has 0 aliphatic rings. The SMILES string of the molecule is CSc1ccc(C(O)[C@H](CO)N(C)C)cc1. The third-order valence-electron chi connectivity index (χ3n) is 2.67. The topological polar surface area (TPSA) is 43.7 Å². The first-order valence-electron chi connectivity index (χ1n) is 5.19. The quantitative estimate of drug-likeness (QED) is 0.764. The first-order chi connectivity index (χ1) is 7.60. The molecule has 1 rings (SSSR count). The zero-order chi connectivity index (χ0) is 12.1. The highest BCUT2D eigenvalue weighted by atomic mass is 32.2. The number of hydrogen-bond acceptors (Lipinski definition) is 4. The van der Waals surface area contributed by atoms with Crippen LogP contribution < -0.4 is 0 Å². The molecule has 2 N–H and O–H groups in total. The lowest BCUT2D eigenvalue weighted by Crippen LogP contribution is -2.37. The smallest absolute Gasteiger partial charge is 0.0967 e. The Balaban J connectivity index is 2.82. The number of benzene rings is 1. The minimum absolute atomic E-state index is 0.0571. The predicted octanol–water partition coefficient (Wildman–Crippen LogP) is 1.36. The van der Waals surface area contributed by atoms with Gasteiger partial charge in [0.1, 0.15) is 0 Å². The van der Waals surface area contributed by atoms with Gasteiger partial charge in [-0.25, -0.2) is 0 Å². The summed E-state index contributed by atoms with van der Waals surface area (Å²) in [4.78, 5) is 2.99. The van der Waals surface area contributed by atoms with Gasteiger partial charge in [0.05, 0.1) is 18.8 Å². The van der Waals surface area contributed by atoms with Crippen molar-refractivity contribution in [2.45, 2.75) is 17.0 Å². The van der Waals surface area contributed by atoms with E-state index in [0.29, 0.717) is 0 Å². The molecule has 0 fully saturated rings. The highest BCUT2D eigenvalue weighted by Gasteiger charge is 2.21. The molecule has 0 amide bonds. The molecular formula is C12H19NO2S. The van der Waals surface area contributed by atoms with E-state index in [4.69, 9.17) is 0 Å². The Morgan fingerprint density at radius 2 is 1.81 bits per heavy atom. The zero-order valence-electron chi connectivity index (χ0n) is 9.92. The zero-order valence-corrected chi connectivity index (χ0v) is 10.7. The van der Waals surface area contributed by atoms with E-state index in [9.17, 15) is 10.2 Å². The van der Waals surface area contributed by atoms with Crippen molar-refractivity contribution in [2.24, 2.45) is 0 Å². The van der Waals surface area contributed by atoms with Crippen LogP contribution in [0, 0.1) is 0 Å². The second-order valence-corrected chi connectivity index (χ2v) is 4.81. The molecule has 0 aliphatic carbocycles. The van der Waals surface area contributed by atoms with Crippen LogP contribution in [0.5, 0.6) is 0 Å². The van der Waals surface area contributed by atoms with Gasteiger partial charge < -0.3 is 15.1 Å². The molecular weight excluding hydrogens is 222 g/mol. The number of hydrogen-bond donors (Lipinski definition) is 2. The lowest BCUT2D eigenvalue weighted by Gasteiger charge is -2.27. The molecule has 0 heterocycles. The van der Waals surface area contributed by atoms with Gasteiger partial charge in [0.2, 0.25) is 0 Å². The fraction of sp³-hybridized carbons (Fsp3) is 0.500. The molecule has 1 unspecified atom stereocenters. The molecule has 0 radical (unpaired) electrons. The number of likely N-dealkylation sites (N-methyl/N-ethyl adjacent to an activating group) is 1. The van der Waals surface area contributed by atoms with Gasteiger partial charge in [-0.2, -0.15) is 0 Å². The third-order valence-corrected chi connectivity index (χ3v) is 3.42. The average Bonchev–Trinajstić information content (AvgIpc) is 2.29. The van der Waals surface area contributed by atoms with Gasteiger partial charge in [-0.15, -0.1) is 11.8 Å². The molecule has 3 nitrogen and oxygen atoms in total. The number of nitrogens with zero attached hydrogens (tertiary/aromatic N) is 1. The summed E-state index contributed by atoms with van der Waals surface area (Å²) in [5.41, 5.74) is 0.838. The van der Waals surface area contributed by atoms with Crippen molar-refractivity contribution in [3.63, 3.8) is 0 Å². The molecule has 0 saturated heterocycles. The van der Waals surface area contributed by atoms with Gasteiger partial charge >= 0.3 is 0 Å². The first kappa shape index (κ1) is 13.5. The molecule has 1 aromatic carbocycles. The second kappa shape index (κ2) is 6.25. The maximum absolute atomic E-state index is 10.1. The number of aliphatic hydroxyl groups is 2. The summed E-state index contributed by atoms with van der Waals surface area (Å²) in [6.45, 7) is -0.0571. The molecule has 90 valence electrons. The first-order valence-corrected chi connectivity index (χ1v) is 6.42. The van der Waals surface area contributed by atoms with E-state index in [1.165, 1.54) is 4.90 Å². The normalized spacial score (nSPS) is 15.1. The van der Waals surface area contributed by atoms with Crippen molar-refractivity contribution < 1.29 is 10.2 Å². The van der Waals surface area contributed by atoms with Crippen LogP contribution in [0.2, 0.25) is 0 Å². The van der Waals surface area contributed by atoms with Crippen LogP contribution in [-0.4, -0.2) is 48.1 Å². The number of rotatable bonds is 5. The Labute approximate surface area is 101 Å². The summed E-state index contributed by atoms with van der Waals surface area (Å²) < 4.78 is 0. The lowest BCUT2D eigenvalue weighted by molar-refractivity contribution is 0.0389. The monoisotopic (exact) mass is 241 g/mol. The average molecular weight is 241 g/mol. The van der Waals surface area contributed by atoms with Crippen LogP contribution in [0.1, 0.15) is 11.7 Å². The van der Waals surface area contributed by atoms with Crippen LogP contribution in [0.15, 0.2) is 29.2 Å². The Kier molecular flexibility index (Phi) is 5.28. The number of aliphatic hydroxyl groups excluding tert-OH is 2. The van der Waals surface area contributed by atoms with E-state index in [0.717, 1.165) is 5.56 Å². The van der Waals surface area contributed by atoms with E-state index in [2.05, 4.69) is 0 Å². The van der Waals surface area contributed by atoms with E-state index >= 15 is 0 Å². The van der Waals surface area contributed by atoms with Crippen molar-refractivity contribution in [1.29, 1.82) is 0 Å². The lowest BCUT2D eigenvalue weighted by atomic mass is 10.0. The summed E-state index contributed by atoms with van der Waals surface area (Å²) in [5, 5.41) is 19.3. The van der Waals surface area contributed by atoms with Gasteiger partial charge in [0.15, 0.2) is 0 Å². The van der Waals surface area contributed by atoms with Gasteiger partial charge in [-0.3, -0.25) is 0 Å². The predicted molar refractivity (Wildman–Crippen MR) is 67.7 cm³/mol. The second-order valence-electron chi connectivity index (χ2n) is 3.93. The molecule has 0 aliphatic heterocycles. The molecule has 4 heteroatoms. The fourth-order valence-corrected chi connectivity index (χ4v) is 1.98. The van der Waals surface area contributed by atoms with Gasteiger partial charge in [-0.1, -0.05) is 12.1 Å². The fourth-order valence-electron chi connectivity index (χ4n) is 1.57. The van der Waals surface area contributed by atoms with E-state index in [1.54, 1.807) is 11.8 Å². The molecule has 16 heavy (non-hydrogen) atoms. The molecule has 0 bridgehead atoms. The minimum Gasteiger partial charge on any atom is -0.395 e. The molecule has 2 atom stereocenters. The number of thioether (sulfide) groups is 1. The van der Waals surface area contributed by atoms with E-state index < -0.39 is 6.10 Å². The van der Waals surface area contributed by atoms with Crippen molar-refractivity contribution >= 4 is 11.8 Å². The van der Waals surface area contributed by atoms with Crippen LogP contribution >= 0.6 is 11.8 Å². The Morgan fingerprint density at radius 1 is 1.25 bits per heavy atom.